The molecule has 0 saturated carbocycles. The predicted octanol–water partition coefficient (Wildman–Crippen LogP) is 3.76. The molecule has 1 unspecified atom stereocenters. The fourth-order valence-corrected chi connectivity index (χ4v) is 2.96. The predicted molar refractivity (Wildman–Crippen MR) is 90.2 cm³/mol. The Morgan fingerprint density at radius 1 is 1.41 bits per heavy atom. The molecule has 3 rings (SSSR count). The fraction of sp³-hybridized carbons (Fsp3) is 0.263. The summed E-state index contributed by atoms with van der Waals surface area (Å²) < 4.78 is 0. The summed E-state index contributed by atoms with van der Waals surface area (Å²) in [5, 5.41) is 13.6. The van der Waals surface area contributed by atoms with Crippen LogP contribution in [0.4, 0.5) is 0 Å². The molecule has 110 valence electrons. The summed E-state index contributed by atoms with van der Waals surface area (Å²) in [5.41, 5.74) is 9.57. The standard InChI is InChI=1S/C19H19N3/c1-3-14-5-4-6-15(11-14)7-9-17-19-13(2)16(12-20)8-10-18(19)22-21-17/h4-9,11,18,22H,3,10H2,1-2H3/b9-7+. The van der Waals surface area contributed by atoms with Gasteiger partial charge in [-0.1, -0.05) is 43.3 Å². The van der Waals surface area contributed by atoms with E-state index in [9.17, 15) is 5.26 Å². The highest BCUT2D eigenvalue weighted by Gasteiger charge is 2.28. The Morgan fingerprint density at radius 3 is 3.05 bits per heavy atom. The van der Waals surface area contributed by atoms with Gasteiger partial charge in [0.25, 0.3) is 0 Å². The number of nitrogens with one attached hydrogen (secondary N) is 1. The lowest BCUT2D eigenvalue weighted by Gasteiger charge is -2.18. The number of nitrogens with zero attached hydrogens (tertiary/aromatic N) is 2. The summed E-state index contributed by atoms with van der Waals surface area (Å²) in [4.78, 5) is 0. The molecule has 1 aromatic carbocycles. The lowest BCUT2D eigenvalue weighted by molar-refractivity contribution is 0.637. The van der Waals surface area contributed by atoms with Gasteiger partial charge < -0.3 is 5.43 Å². The van der Waals surface area contributed by atoms with Crippen LogP contribution in [0.25, 0.3) is 6.08 Å². The van der Waals surface area contributed by atoms with Crippen molar-refractivity contribution in [2.45, 2.75) is 32.7 Å². The number of allylic oxidation sites excluding steroid dienone is 3. The Bertz CT molecular complexity index is 757. The van der Waals surface area contributed by atoms with Gasteiger partial charge in [0.1, 0.15) is 0 Å². The molecule has 0 fully saturated rings. The van der Waals surface area contributed by atoms with E-state index in [2.05, 4.69) is 53.9 Å². The molecule has 1 aliphatic carbocycles. The summed E-state index contributed by atoms with van der Waals surface area (Å²) in [6.45, 7) is 4.16. The van der Waals surface area contributed by atoms with Crippen LogP contribution in [-0.2, 0) is 6.42 Å². The molecule has 0 aromatic heterocycles. The van der Waals surface area contributed by atoms with E-state index in [4.69, 9.17) is 0 Å². The van der Waals surface area contributed by atoms with Crippen LogP contribution in [0.15, 0.2) is 58.2 Å². The average Bonchev–Trinajstić information content (AvgIpc) is 2.97. The van der Waals surface area contributed by atoms with Crippen LogP contribution in [0, 0.1) is 11.3 Å². The van der Waals surface area contributed by atoms with E-state index in [0.717, 1.165) is 35.3 Å². The molecule has 3 nitrogen and oxygen atoms in total. The van der Waals surface area contributed by atoms with E-state index < -0.39 is 0 Å². The molecule has 0 bridgehead atoms. The third-order valence-electron chi connectivity index (χ3n) is 4.24. The number of hydrogen-bond acceptors (Lipinski definition) is 3. The molecule has 0 radical (unpaired) electrons. The van der Waals surface area contributed by atoms with Crippen molar-refractivity contribution in [3.8, 4) is 6.07 Å². The maximum absolute atomic E-state index is 9.20. The molecule has 3 heteroatoms. The van der Waals surface area contributed by atoms with E-state index in [-0.39, 0.29) is 6.04 Å². The van der Waals surface area contributed by atoms with Gasteiger partial charge in [0.05, 0.1) is 23.4 Å². The van der Waals surface area contributed by atoms with Crippen molar-refractivity contribution in [3.05, 3.63) is 64.3 Å². The van der Waals surface area contributed by atoms with Gasteiger partial charge in [-0.2, -0.15) is 10.4 Å². The van der Waals surface area contributed by atoms with Crippen molar-refractivity contribution in [2.75, 3.05) is 0 Å². The molecular formula is C19H19N3. The molecule has 22 heavy (non-hydrogen) atoms. The fourth-order valence-electron chi connectivity index (χ4n) is 2.96. The van der Waals surface area contributed by atoms with Crippen LogP contribution in [0.2, 0.25) is 0 Å². The van der Waals surface area contributed by atoms with Gasteiger partial charge >= 0.3 is 0 Å². The van der Waals surface area contributed by atoms with Crippen LogP contribution < -0.4 is 5.43 Å². The van der Waals surface area contributed by atoms with Gasteiger partial charge in [0, 0.05) is 5.57 Å². The number of aryl methyl sites for hydroxylation is 1. The second-order valence-electron chi connectivity index (χ2n) is 5.61. The van der Waals surface area contributed by atoms with E-state index in [1.54, 1.807) is 0 Å². The Morgan fingerprint density at radius 2 is 2.27 bits per heavy atom. The number of fused-ring (bicyclic) bond motifs is 1. The van der Waals surface area contributed by atoms with Crippen molar-refractivity contribution in [2.24, 2.45) is 5.10 Å². The molecule has 1 N–H and O–H groups in total. The minimum Gasteiger partial charge on any atom is -0.302 e. The van der Waals surface area contributed by atoms with Gasteiger partial charge in [-0.3, -0.25) is 0 Å². The molecule has 1 atom stereocenters. The summed E-state index contributed by atoms with van der Waals surface area (Å²) in [6.07, 6.45) is 7.98. The zero-order valence-electron chi connectivity index (χ0n) is 12.9. The minimum absolute atomic E-state index is 0.207. The summed E-state index contributed by atoms with van der Waals surface area (Å²) in [5.74, 6) is 0. The molecular weight excluding hydrogens is 270 g/mol. The van der Waals surface area contributed by atoms with Crippen molar-refractivity contribution < 1.29 is 0 Å². The molecule has 0 saturated heterocycles. The van der Waals surface area contributed by atoms with E-state index in [1.165, 1.54) is 11.1 Å². The summed E-state index contributed by atoms with van der Waals surface area (Å²) in [7, 11) is 0. The van der Waals surface area contributed by atoms with Crippen molar-refractivity contribution in [1.29, 1.82) is 5.26 Å². The van der Waals surface area contributed by atoms with Crippen molar-refractivity contribution >= 4 is 11.8 Å². The summed E-state index contributed by atoms with van der Waals surface area (Å²) >= 11 is 0. The number of hydrazone groups is 1. The first-order chi connectivity index (χ1) is 10.7. The highest BCUT2D eigenvalue weighted by molar-refractivity contribution is 6.13. The molecule has 0 amide bonds. The van der Waals surface area contributed by atoms with Crippen LogP contribution in [0.3, 0.4) is 0 Å². The number of benzene rings is 1. The van der Waals surface area contributed by atoms with E-state index in [1.807, 2.05) is 19.1 Å². The lowest BCUT2D eigenvalue weighted by Crippen LogP contribution is -2.24. The Kier molecular flexibility index (Phi) is 3.93. The third-order valence-corrected chi connectivity index (χ3v) is 4.24. The Labute approximate surface area is 131 Å². The number of hydrogen-bond donors (Lipinski definition) is 1. The maximum atomic E-state index is 9.20. The molecule has 1 aromatic rings. The highest BCUT2D eigenvalue weighted by atomic mass is 15.3. The van der Waals surface area contributed by atoms with Gasteiger partial charge in [-0.25, -0.2) is 0 Å². The monoisotopic (exact) mass is 289 g/mol. The summed E-state index contributed by atoms with van der Waals surface area (Å²) in [6, 6.07) is 11.0. The van der Waals surface area contributed by atoms with E-state index in [0.29, 0.717) is 0 Å². The van der Waals surface area contributed by atoms with Crippen LogP contribution in [0.5, 0.6) is 0 Å². The zero-order chi connectivity index (χ0) is 15.5. The van der Waals surface area contributed by atoms with Gasteiger partial charge in [0.15, 0.2) is 0 Å². The first kappa shape index (κ1) is 14.3. The lowest BCUT2D eigenvalue weighted by atomic mass is 9.87. The van der Waals surface area contributed by atoms with Crippen molar-refractivity contribution in [1.82, 2.24) is 5.43 Å². The number of nitriles is 1. The van der Waals surface area contributed by atoms with Crippen LogP contribution in [-0.4, -0.2) is 11.8 Å². The largest absolute Gasteiger partial charge is 0.302 e. The third kappa shape index (κ3) is 2.60. The second-order valence-corrected chi connectivity index (χ2v) is 5.61. The molecule has 0 spiro atoms. The van der Waals surface area contributed by atoms with Crippen LogP contribution >= 0.6 is 0 Å². The first-order valence-corrected chi connectivity index (χ1v) is 7.65. The SMILES string of the molecule is CCc1cccc(/C=C/C2=NNC3CC=C(C#N)C(C)=C23)c1. The highest BCUT2D eigenvalue weighted by Crippen LogP contribution is 2.29. The quantitative estimate of drug-likeness (QED) is 0.921. The van der Waals surface area contributed by atoms with Crippen LogP contribution in [0.1, 0.15) is 31.4 Å². The zero-order valence-corrected chi connectivity index (χ0v) is 12.9. The normalized spacial score (nSPS) is 20.3. The second kappa shape index (κ2) is 6.03. The number of rotatable bonds is 3. The average molecular weight is 289 g/mol. The smallest absolute Gasteiger partial charge is 0.0991 e. The van der Waals surface area contributed by atoms with Gasteiger partial charge in [-0.05, 0) is 42.5 Å². The Hall–Kier alpha value is -2.60. The van der Waals surface area contributed by atoms with Gasteiger partial charge in [0.2, 0.25) is 0 Å². The van der Waals surface area contributed by atoms with E-state index >= 15 is 0 Å². The Balaban J connectivity index is 1.88. The van der Waals surface area contributed by atoms with Crippen molar-refractivity contribution in [3.63, 3.8) is 0 Å². The maximum Gasteiger partial charge on any atom is 0.0991 e. The topological polar surface area (TPSA) is 48.2 Å². The molecule has 1 heterocycles. The first-order valence-electron chi connectivity index (χ1n) is 7.65. The molecule has 2 aliphatic rings. The van der Waals surface area contributed by atoms with Gasteiger partial charge in [-0.15, -0.1) is 0 Å². The molecule has 1 aliphatic heterocycles. The minimum atomic E-state index is 0.207.